The number of halogens is 6. The molecule has 0 aromatic heterocycles. The van der Waals surface area contributed by atoms with Crippen LogP contribution in [0.5, 0.6) is 0 Å². The third-order valence-electron chi connectivity index (χ3n) is 3.65. The van der Waals surface area contributed by atoms with E-state index < -0.39 is 7.81 Å². The van der Waals surface area contributed by atoms with E-state index in [2.05, 4.69) is 68.5 Å². The third-order valence-corrected chi connectivity index (χ3v) is 3.65. The second-order valence-electron chi connectivity index (χ2n) is 6.30. The fourth-order valence-electron chi connectivity index (χ4n) is 2.29. The van der Waals surface area contributed by atoms with Crippen molar-refractivity contribution in [2.75, 3.05) is 0 Å². The van der Waals surface area contributed by atoms with Crippen LogP contribution in [-0.2, 0) is 22.5 Å². The zero-order valence-corrected chi connectivity index (χ0v) is 16.7. The molecule has 152 valence electrons. The van der Waals surface area contributed by atoms with Crippen molar-refractivity contribution in [3.05, 3.63) is 90.5 Å². The Morgan fingerprint density at radius 2 is 1.19 bits per heavy atom. The fraction of sp³-hybridized carbons (Fsp3) is 0.211. The van der Waals surface area contributed by atoms with Crippen LogP contribution in [0.1, 0.15) is 19.4 Å². The minimum atomic E-state index is -10.7. The van der Waals surface area contributed by atoms with E-state index >= 15 is 0 Å². The zero-order valence-electron chi connectivity index (χ0n) is 14.7. The number of allylic oxidation sites excluding steroid dienone is 4. The number of rotatable bonds is 2. The van der Waals surface area contributed by atoms with Crippen molar-refractivity contribution in [1.82, 2.24) is 0 Å². The van der Waals surface area contributed by atoms with Gasteiger partial charge in [-0.05, 0) is 11.0 Å². The molecule has 2 aromatic carbocycles. The Hall–Kier alpha value is -1.42. The predicted molar refractivity (Wildman–Crippen MR) is 96.8 cm³/mol. The minimum Gasteiger partial charge on any atom is -0.214 e. The van der Waals surface area contributed by atoms with Crippen molar-refractivity contribution < 1.29 is 42.3 Å². The van der Waals surface area contributed by atoms with Gasteiger partial charge in [-0.2, -0.15) is 18.2 Å². The van der Waals surface area contributed by atoms with Crippen molar-refractivity contribution in [2.45, 2.75) is 19.3 Å². The van der Waals surface area contributed by atoms with Gasteiger partial charge in [0.05, 0.1) is 0 Å². The molecule has 0 saturated carbocycles. The molecule has 0 spiro atoms. The van der Waals surface area contributed by atoms with Gasteiger partial charge in [-0.1, -0.05) is 68.5 Å². The first-order chi connectivity index (χ1) is 11.7. The average molecular weight is 450 g/mol. The standard InChI is InChI=1S/C14H16.C5H5.F6P.Fe/c1-14(2,13-10-6-7-11-13)12-8-4-3-5-9-12;1-2-4-5-3-1;1-7(2,3,4,5)6;/h3-11,13H,1-2H3;1-5H;;/q;2*-1;+2. The summed E-state index contributed by atoms with van der Waals surface area (Å²) in [4.78, 5) is 0. The predicted octanol–water partition coefficient (Wildman–Crippen LogP) is 8.49. The van der Waals surface area contributed by atoms with E-state index in [1.54, 1.807) is 0 Å². The Morgan fingerprint density at radius 1 is 0.778 bits per heavy atom. The van der Waals surface area contributed by atoms with Gasteiger partial charge in [0.25, 0.3) is 0 Å². The van der Waals surface area contributed by atoms with Crippen molar-refractivity contribution >= 4 is 7.81 Å². The van der Waals surface area contributed by atoms with Gasteiger partial charge in [-0.25, -0.2) is 12.1 Å². The number of benzene rings is 1. The second-order valence-corrected chi connectivity index (χ2v) is 8.22. The molecule has 0 atom stereocenters. The Labute approximate surface area is 166 Å². The first kappa shape index (κ1) is 25.6. The van der Waals surface area contributed by atoms with Crippen LogP contribution in [0.15, 0.2) is 85.0 Å². The molecule has 0 saturated heterocycles. The molecule has 8 heteroatoms. The van der Waals surface area contributed by atoms with Crippen molar-refractivity contribution in [1.29, 1.82) is 0 Å². The maximum absolute atomic E-state index is 10.7. The molecule has 1 aliphatic rings. The summed E-state index contributed by atoms with van der Waals surface area (Å²) in [6, 6.07) is 20.7. The van der Waals surface area contributed by atoms with Gasteiger partial charge in [0, 0.05) is 5.92 Å². The van der Waals surface area contributed by atoms with E-state index in [1.165, 1.54) is 5.56 Å². The summed E-state index contributed by atoms with van der Waals surface area (Å²) >= 11 is 0. The van der Waals surface area contributed by atoms with Crippen LogP contribution in [-0.4, -0.2) is 0 Å². The van der Waals surface area contributed by atoms with Crippen LogP contribution in [0.4, 0.5) is 25.2 Å². The summed E-state index contributed by atoms with van der Waals surface area (Å²) in [6.07, 6.45) is 8.81. The van der Waals surface area contributed by atoms with Gasteiger partial charge < -0.3 is 0 Å². The van der Waals surface area contributed by atoms with E-state index in [4.69, 9.17) is 0 Å². The summed E-state index contributed by atoms with van der Waals surface area (Å²) in [6.45, 7) is 4.60. The largest absolute Gasteiger partial charge is 2.00 e. The molecule has 0 unspecified atom stereocenters. The Balaban J connectivity index is 0.000000437. The van der Waals surface area contributed by atoms with E-state index in [0.717, 1.165) is 0 Å². The molecular formula is C19H21F6FeP. The maximum Gasteiger partial charge on any atom is 2.00 e. The molecule has 0 heterocycles. The molecule has 0 fully saturated rings. The maximum atomic E-state index is 9.87. The van der Waals surface area contributed by atoms with Crippen molar-refractivity contribution in [2.24, 2.45) is 5.92 Å². The van der Waals surface area contributed by atoms with Crippen LogP contribution < -0.4 is 0 Å². The molecule has 1 aliphatic carbocycles. The van der Waals surface area contributed by atoms with Gasteiger partial charge in [0.1, 0.15) is 0 Å². The second kappa shape index (κ2) is 8.72. The molecule has 0 nitrogen and oxygen atoms in total. The number of hydrogen-bond acceptors (Lipinski definition) is 0. The van der Waals surface area contributed by atoms with Crippen molar-refractivity contribution in [3.63, 3.8) is 0 Å². The Kier molecular flexibility index (Phi) is 8.26. The van der Waals surface area contributed by atoms with Crippen molar-refractivity contribution in [3.8, 4) is 0 Å². The van der Waals surface area contributed by atoms with E-state index in [0.29, 0.717) is 5.92 Å². The minimum absolute atomic E-state index is 0. The summed E-state index contributed by atoms with van der Waals surface area (Å²) in [7, 11) is -10.7. The van der Waals surface area contributed by atoms with Gasteiger partial charge in [0.15, 0.2) is 0 Å². The van der Waals surface area contributed by atoms with Gasteiger partial charge in [-0.15, -0.1) is 0 Å². The third kappa shape index (κ3) is 13.4. The molecule has 27 heavy (non-hydrogen) atoms. The Bertz CT molecular complexity index is 676. The van der Waals surface area contributed by atoms with E-state index in [-0.39, 0.29) is 22.5 Å². The smallest absolute Gasteiger partial charge is 0.214 e. The molecular weight excluding hydrogens is 429 g/mol. The zero-order chi connectivity index (χ0) is 20.0. The fourth-order valence-corrected chi connectivity index (χ4v) is 2.29. The van der Waals surface area contributed by atoms with Crippen LogP contribution in [0.2, 0.25) is 0 Å². The topological polar surface area (TPSA) is 0 Å². The summed E-state index contributed by atoms with van der Waals surface area (Å²) < 4.78 is 59.2. The molecule has 0 amide bonds. The monoisotopic (exact) mass is 450 g/mol. The first-order valence-electron chi connectivity index (χ1n) is 7.80. The van der Waals surface area contributed by atoms with E-state index in [1.807, 2.05) is 30.3 Å². The molecule has 2 aromatic rings. The molecule has 0 aliphatic heterocycles. The molecule has 0 radical (unpaired) electrons. The van der Waals surface area contributed by atoms with Crippen LogP contribution in [0.3, 0.4) is 0 Å². The first-order valence-corrected chi connectivity index (χ1v) is 9.83. The summed E-state index contributed by atoms with van der Waals surface area (Å²) in [5.41, 5.74) is 1.60. The number of hydrogen-bond donors (Lipinski definition) is 0. The van der Waals surface area contributed by atoms with Crippen LogP contribution >= 0.6 is 7.81 Å². The van der Waals surface area contributed by atoms with Gasteiger partial charge in [-0.3, -0.25) is 0 Å². The molecule has 0 N–H and O–H groups in total. The van der Waals surface area contributed by atoms with Crippen LogP contribution in [0.25, 0.3) is 0 Å². The summed E-state index contributed by atoms with van der Waals surface area (Å²) in [5.74, 6) is 0.532. The molecule has 0 bridgehead atoms. The SMILES string of the molecule is CC(C)(c1ccccc1)C1C=CC=C1.F[P-](F)(F)(F)(F)F.[Fe+2].c1cc[cH-]c1. The normalized spacial score (nSPS) is 16.0. The van der Waals surface area contributed by atoms with Gasteiger partial charge >= 0.3 is 50.1 Å². The quantitative estimate of drug-likeness (QED) is 0.186. The van der Waals surface area contributed by atoms with E-state index in [9.17, 15) is 25.2 Å². The van der Waals surface area contributed by atoms with Gasteiger partial charge in [0.2, 0.25) is 0 Å². The van der Waals surface area contributed by atoms with Crippen LogP contribution in [0, 0.1) is 5.92 Å². The summed E-state index contributed by atoms with van der Waals surface area (Å²) in [5, 5.41) is 0. The average Bonchev–Trinajstić information content (AvgIpc) is 3.21. The molecule has 3 rings (SSSR count). The Morgan fingerprint density at radius 3 is 1.52 bits per heavy atom.